The van der Waals surface area contributed by atoms with E-state index in [4.69, 9.17) is 0 Å². The van der Waals surface area contributed by atoms with Crippen molar-refractivity contribution in [1.82, 2.24) is 9.80 Å². The van der Waals surface area contributed by atoms with E-state index in [0.717, 1.165) is 38.5 Å². The minimum Gasteiger partial charge on any atom is -0.304 e. The number of likely N-dealkylation sites (N-methyl/N-ethyl adjacent to an activating group) is 1. The van der Waals surface area contributed by atoms with Gasteiger partial charge in [0.25, 0.3) is 0 Å². The Morgan fingerprint density at radius 1 is 1.25 bits per heavy atom. The smallest absolute Gasteiger partial charge is 0.0359 e. The number of rotatable bonds is 3. The minimum atomic E-state index is -0.631. The Hall–Kier alpha value is 0.0700. The van der Waals surface area contributed by atoms with Crippen molar-refractivity contribution in [3.8, 4) is 0 Å². The van der Waals surface area contributed by atoms with Crippen molar-refractivity contribution in [3.05, 3.63) is 0 Å². The summed E-state index contributed by atoms with van der Waals surface area (Å²) in [6.45, 7) is 5.56. The molecule has 0 radical (unpaired) electrons. The second-order valence-corrected chi connectivity index (χ2v) is 4.98. The van der Waals surface area contributed by atoms with E-state index in [-0.39, 0.29) is 0 Å². The highest BCUT2D eigenvalue weighted by Gasteiger charge is 2.12. The molecule has 1 aliphatic rings. The summed E-state index contributed by atoms with van der Waals surface area (Å²) in [4.78, 5) is 4.72. The molecule has 12 heavy (non-hydrogen) atoms. The lowest BCUT2D eigenvalue weighted by atomic mass is 10.3. The average Bonchev–Trinajstić information content (AvgIpc) is 2.03. The van der Waals surface area contributed by atoms with Crippen molar-refractivity contribution in [1.29, 1.82) is 0 Å². The van der Waals surface area contributed by atoms with Crippen molar-refractivity contribution in [2.24, 2.45) is 0 Å². The molecule has 1 fully saturated rings. The standard InChI is InChI=1S/C8H18N2OS/c1-9-3-5-10(6-4-9)7-8-12(2)11/h3-8H2,1-2H3. The Morgan fingerprint density at radius 3 is 2.33 bits per heavy atom. The Kier molecular flexibility index (Phi) is 4.18. The fraction of sp³-hybridized carbons (Fsp3) is 1.00. The average molecular weight is 190 g/mol. The van der Waals surface area contributed by atoms with Crippen LogP contribution in [0.5, 0.6) is 0 Å². The minimum absolute atomic E-state index is 0.631. The highest BCUT2D eigenvalue weighted by atomic mass is 32.2. The van der Waals surface area contributed by atoms with Gasteiger partial charge in [-0.1, -0.05) is 0 Å². The Labute approximate surface area is 77.2 Å². The summed E-state index contributed by atoms with van der Waals surface area (Å²) in [5, 5.41) is 0. The molecule has 0 aliphatic carbocycles. The molecule has 3 nitrogen and oxygen atoms in total. The molecule has 0 aromatic heterocycles. The molecular formula is C8H18N2OS. The van der Waals surface area contributed by atoms with Crippen molar-refractivity contribution < 1.29 is 4.21 Å². The van der Waals surface area contributed by atoms with E-state index in [9.17, 15) is 4.21 Å². The van der Waals surface area contributed by atoms with Crippen LogP contribution >= 0.6 is 0 Å². The first-order chi connectivity index (χ1) is 5.68. The van der Waals surface area contributed by atoms with E-state index < -0.39 is 10.8 Å². The number of hydrogen-bond donors (Lipinski definition) is 0. The zero-order valence-corrected chi connectivity index (χ0v) is 8.77. The van der Waals surface area contributed by atoms with Gasteiger partial charge in [-0.15, -0.1) is 0 Å². The molecule has 0 amide bonds. The van der Waals surface area contributed by atoms with Gasteiger partial charge in [0, 0.05) is 55.5 Å². The SMILES string of the molecule is CN1CCN(CCS(C)=O)CC1. The summed E-state index contributed by atoms with van der Waals surface area (Å²) in [6.07, 6.45) is 1.77. The van der Waals surface area contributed by atoms with E-state index in [2.05, 4.69) is 16.8 Å². The van der Waals surface area contributed by atoms with Gasteiger partial charge in [-0.2, -0.15) is 0 Å². The van der Waals surface area contributed by atoms with Gasteiger partial charge in [-0.3, -0.25) is 9.11 Å². The van der Waals surface area contributed by atoms with E-state index in [1.165, 1.54) is 0 Å². The lowest BCUT2D eigenvalue weighted by molar-refractivity contribution is 0.161. The summed E-state index contributed by atoms with van der Waals surface area (Å²) < 4.78 is 10.8. The molecule has 1 heterocycles. The van der Waals surface area contributed by atoms with Crippen LogP contribution in [0.1, 0.15) is 0 Å². The maximum atomic E-state index is 10.8. The van der Waals surface area contributed by atoms with E-state index in [1.807, 2.05) is 0 Å². The molecule has 0 aromatic carbocycles. The summed E-state index contributed by atoms with van der Waals surface area (Å²) in [5.41, 5.74) is 0. The predicted octanol–water partition coefficient (Wildman–Crippen LogP) is -0.388. The fourth-order valence-electron chi connectivity index (χ4n) is 1.33. The molecule has 0 spiro atoms. The largest absolute Gasteiger partial charge is 0.304 e. The quantitative estimate of drug-likeness (QED) is 0.606. The lowest BCUT2D eigenvalue weighted by Crippen LogP contribution is -2.45. The molecule has 1 unspecified atom stereocenters. The second kappa shape index (κ2) is 4.94. The van der Waals surface area contributed by atoms with E-state index in [1.54, 1.807) is 6.26 Å². The van der Waals surface area contributed by atoms with Crippen LogP contribution in [0.25, 0.3) is 0 Å². The van der Waals surface area contributed by atoms with Gasteiger partial charge in [-0.25, -0.2) is 0 Å². The van der Waals surface area contributed by atoms with Gasteiger partial charge in [0.2, 0.25) is 0 Å². The van der Waals surface area contributed by atoms with Gasteiger partial charge in [-0.05, 0) is 7.05 Å². The van der Waals surface area contributed by atoms with Gasteiger partial charge in [0.15, 0.2) is 0 Å². The van der Waals surface area contributed by atoms with Gasteiger partial charge >= 0.3 is 0 Å². The van der Waals surface area contributed by atoms with E-state index in [0.29, 0.717) is 0 Å². The lowest BCUT2D eigenvalue weighted by Gasteiger charge is -2.31. The van der Waals surface area contributed by atoms with Crippen LogP contribution in [0.15, 0.2) is 0 Å². The Morgan fingerprint density at radius 2 is 1.83 bits per heavy atom. The molecular weight excluding hydrogens is 172 g/mol. The van der Waals surface area contributed by atoms with Crippen LogP contribution < -0.4 is 0 Å². The summed E-state index contributed by atoms with van der Waals surface area (Å²) in [6, 6.07) is 0. The number of hydrogen-bond acceptors (Lipinski definition) is 3. The maximum absolute atomic E-state index is 10.8. The van der Waals surface area contributed by atoms with Crippen molar-refractivity contribution in [2.45, 2.75) is 0 Å². The molecule has 0 N–H and O–H groups in total. The van der Waals surface area contributed by atoms with Crippen LogP contribution in [-0.4, -0.2) is 65.8 Å². The molecule has 1 atom stereocenters. The maximum Gasteiger partial charge on any atom is 0.0359 e. The van der Waals surface area contributed by atoms with Crippen LogP contribution in [0, 0.1) is 0 Å². The zero-order chi connectivity index (χ0) is 8.97. The third-order valence-electron chi connectivity index (χ3n) is 2.29. The first-order valence-corrected chi connectivity index (χ1v) is 6.12. The summed E-state index contributed by atoms with van der Waals surface area (Å²) in [5.74, 6) is 0.823. The number of piperazine rings is 1. The Balaban J connectivity index is 2.13. The first-order valence-electron chi connectivity index (χ1n) is 4.39. The van der Waals surface area contributed by atoms with Gasteiger partial charge in [0.05, 0.1) is 0 Å². The van der Waals surface area contributed by atoms with Crippen molar-refractivity contribution >= 4 is 10.8 Å². The highest BCUT2D eigenvalue weighted by Crippen LogP contribution is 1.98. The molecule has 0 saturated carbocycles. The third kappa shape index (κ3) is 3.65. The molecule has 0 bridgehead atoms. The summed E-state index contributed by atoms with van der Waals surface area (Å²) in [7, 11) is 1.52. The predicted molar refractivity (Wildman–Crippen MR) is 52.9 cm³/mol. The fourth-order valence-corrected chi connectivity index (χ4v) is 1.84. The molecule has 1 aliphatic heterocycles. The summed E-state index contributed by atoms with van der Waals surface area (Å²) >= 11 is 0. The third-order valence-corrected chi connectivity index (χ3v) is 3.05. The van der Waals surface area contributed by atoms with Gasteiger partial charge in [0.1, 0.15) is 0 Å². The topological polar surface area (TPSA) is 23.6 Å². The first kappa shape index (κ1) is 10.2. The van der Waals surface area contributed by atoms with Crippen LogP contribution in [-0.2, 0) is 10.8 Å². The Bertz CT molecular complexity index is 155. The van der Waals surface area contributed by atoms with Crippen LogP contribution in [0.4, 0.5) is 0 Å². The van der Waals surface area contributed by atoms with Crippen LogP contribution in [0.2, 0.25) is 0 Å². The monoisotopic (exact) mass is 190 g/mol. The molecule has 1 rings (SSSR count). The molecule has 4 heteroatoms. The van der Waals surface area contributed by atoms with Crippen molar-refractivity contribution in [3.63, 3.8) is 0 Å². The highest BCUT2D eigenvalue weighted by molar-refractivity contribution is 7.84. The second-order valence-electron chi connectivity index (χ2n) is 3.42. The van der Waals surface area contributed by atoms with Crippen molar-refractivity contribution in [2.75, 3.05) is 51.8 Å². The zero-order valence-electron chi connectivity index (χ0n) is 7.95. The van der Waals surface area contributed by atoms with Gasteiger partial charge < -0.3 is 4.90 Å². The number of nitrogens with zero attached hydrogens (tertiary/aromatic N) is 2. The normalized spacial score (nSPS) is 24.2. The molecule has 0 aromatic rings. The molecule has 1 saturated heterocycles. The molecule has 72 valence electrons. The van der Waals surface area contributed by atoms with Crippen LogP contribution in [0.3, 0.4) is 0 Å². The van der Waals surface area contributed by atoms with E-state index >= 15 is 0 Å².